The Bertz CT molecular complexity index is 778. The number of aromatic nitrogens is 1. The number of pyridine rings is 1. The van der Waals surface area contributed by atoms with E-state index >= 15 is 0 Å². The first kappa shape index (κ1) is 14.2. The average molecular weight is 292 g/mol. The van der Waals surface area contributed by atoms with E-state index < -0.39 is 5.54 Å². The topological polar surface area (TPSA) is 84.3 Å². The van der Waals surface area contributed by atoms with Crippen LogP contribution in [-0.4, -0.2) is 24.0 Å². The van der Waals surface area contributed by atoms with Crippen molar-refractivity contribution in [3.63, 3.8) is 0 Å². The minimum absolute atomic E-state index is 0.378. The molecule has 2 aromatic rings. The lowest BCUT2D eigenvalue weighted by Crippen LogP contribution is -2.37. The number of hydrogen-bond acceptors (Lipinski definition) is 5. The van der Waals surface area contributed by atoms with Gasteiger partial charge in [0.25, 0.3) is 0 Å². The fourth-order valence-corrected chi connectivity index (χ4v) is 2.58. The second-order valence-electron chi connectivity index (χ2n) is 5.52. The molecule has 5 nitrogen and oxygen atoms in total. The lowest BCUT2D eigenvalue weighted by Gasteiger charge is -2.30. The molecule has 1 atom stereocenters. The second-order valence-corrected chi connectivity index (χ2v) is 5.52. The molecular weight excluding hydrogens is 276 g/mol. The molecule has 5 heteroatoms. The van der Waals surface area contributed by atoms with Gasteiger partial charge in [-0.25, -0.2) is 0 Å². The molecule has 110 valence electrons. The van der Waals surface area contributed by atoms with Crippen LogP contribution < -0.4 is 5.73 Å². The van der Waals surface area contributed by atoms with Crippen molar-refractivity contribution in [1.29, 1.82) is 5.26 Å². The van der Waals surface area contributed by atoms with Gasteiger partial charge in [0, 0.05) is 18.0 Å². The smallest absolute Gasteiger partial charge is 0.121 e. The molecule has 1 aromatic heterocycles. The van der Waals surface area contributed by atoms with E-state index in [9.17, 15) is 0 Å². The number of amidine groups is 1. The van der Waals surface area contributed by atoms with Gasteiger partial charge in [-0.15, -0.1) is 0 Å². The predicted molar refractivity (Wildman–Crippen MR) is 84.2 cm³/mol. The van der Waals surface area contributed by atoms with Crippen LogP contribution in [0, 0.1) is 11.3 Å². The molecular formula is C17H16N4O. The summed E-state index contributed by atoms with van der Waals surface area (Å²) < 4.78 is 5.52. The van der Waals surface area contributed by atoms with Gasteiger partial charge in [-0.3, -0.25) is 9.98 Å². The molecule has 2 heterocycles. The number of nitriles is 1. The van der Waals surface area contributed by atoms with E-state index in [1.807, 2.05) is 37.3 Å². The lowest BCUT2D eigenvalue weighted by atomic mass is 9.90. The van der Waals surface area contributed by atoms with Crippen molar-refractivity contribution < 1.29 is 4.74 Å². The molecule has 1 aliphatic rings. The molecule has 0 aliphatic carbocycles. The van der Waals surface area contributed by atoms with Crippen LogP contribution in [0.3, 0.4) is 0 Å². The number of nitrogens with zero attached hydrogens (tertiary/aromatic N) is 3. The highest BCUT2D eigenvalue weighted by Crippen LogP contribution is 2.31. The van der Waals surface area contributed by atoms with Gasteiger partial charge in [-0.05, 0) is 30.2 Å². The van der Waals surface area contributed by atoms with Crippen LogP contribution >= 0.6 is 0 Å². The monoisotopic (exact) mass is 292 g/mol. The molecule has 1 aromatic carbocycles. The van der Waals surface area contributed by atoms with Crippen LogP contribution in [0.25, 0.3) is 11.1 Å². The average Bonchev–Trinajstić information content (AvgIpc) is 2.55. The minimum Gasteiger partial charge on any atom is -0.386 e. The first-order chi connectivity index (χ1) is 10.6. The van der Waals surface area contributed by atoms with Crippen LogP contribution in [0.5, 0.6) is 0 Å². The Kier molecular flexibility index (Phi) is 3.61. The van der Waals surface area contributed by atoms with Crippen molar-refractivity contribution >= 4 is 5.84 Å². The molecule has 0 bridgehead atoms. The molecule has 3 rings (SSSR count). The van der Waals surface area contributed by atoms with E-state index in [2.05, 4.69) is 16.0 Å². The Hall–Kier alpha value is -2.71. The third-order valence-electron chi connectivity index (χ3n) is 3.71. The summed E-state index contributed by atoms with van der Waals surface area (Å²) >= 11 is 0. The molecule has 0 saturated heterocycles. The van der Waals surface area contributed by atoms with Gasteiger partial charge in [0.05, 0.1) is 12.2 Å². The first-order valence-electron chi connectivity index (χ1n) is 6.99. The molecule has 0 fully saturated rings. The Morgan fingerprint density at radius 1 is 1.27 bits per heavy atom. The van der Waals surface area contributed by atoms with E-state index in [1.54, 1.807) is 12.4 Å². The summed E-state index contributed by atoms with van der Waals surface area (Å²) in [4.78, 5) is 8.66. The maximum Gasteiger partial charge on any atom is 0.121 e. The molecule has 2 N–H and O–H groups in total. The maximum absolute atomic E-state index is 9.00. The summed E-state index contributed by atoms with van der Waals surface area (Å²) in [5.74, 6) is 0.507. The van der Waals surface area contributed by atoms with E-state index in [1.165, 1.54) is 0 Å². The summed E-state index contributed by atoms with van der Waals surface area (Å²) in [6.07, 6.45) is 3.30. The Morgan fingerprint density at radius 3 is 2.91 bits per heavy atom. The Morgan fingerprint density at radius 2 is 2.14 bits per heavy atom. The minimum atomic E-state index is -0.487. The zero-order valence-electron chi connectivity index (χ0n) is 12.3. The molecule has 0 saturated carbocycles. The highest BCUT2D eigenvalue weighted by Gasteiger charge is 2.30. The number of ether oxygens (including phenoxy) is 1. The van der Waals surface area contributed by atoms with Crippen molar-refractivity contribution in [2.75, 3.05) is 13.2 Å². The maximum atomic E-state index is 9.00. The van der Waals surface area contributed by atoms with Gasteiger partial charge in [0.15, 0.2) is 0 Å². The van der Waals surface area contributed by atoms with Gasteiger partial charge in [-0.2, -0.15) is 5.26 Å². The van der Waals surface area contributed by atoms with Crippen molar-refractivity contribution in [1.82, 2.24) is 4.98 Å². The highest BCUT2D eigenvalue weighted by molar-refractivity contribution is 5.82. The van der Waals surface area contributed by atoms with Crippen LogP contribution in [0.15, 0.2) is 47.7 Å². The fourth-order valence-electron chi connectivity index (χ4n) is 2.58. The molecule has 22 heavy (non-hydrogen) atoms. The summed E-state index contributed by atoms with van der Waals surface area (Å²) in [6.45, 7) is 2.87. The fraction of sp³-hybridized carbons (Fsp3) is 0.235. The Balaban J connectivity index is 2.03. The number of hydrogen-bond donors (Lipinski definition) is 1. The summed E-state index contributed by atoms with van der Waals surface area (Å²) in [6, 6.07) is 11.9. The van der Waals surface area contributed by atoms with Gasteiger partial charge in [0.1, 0.15) is 24.1 Å². The molecule has 1 unspecified atom stereocenters. The van der Waals surface area contributed by atoms with Crippen LogP contribution in [0.1, 0.15) is 18.1 Å². The summed E-state index contributed by atoms with van der Waals surface area (Å²) in [5.41, 5.74) is 8.78. The van der Waals surface area contributed by atoms with E-state index in [0.717, 1.165) is 16.7 Å². The summed E-state index contributed by atoms with van der Waals surface area (Å²) in [5, 5.41) is 9.00. The number of aliphatic imine (C=N–C) groups is 1. The van der Waals surface area contributed by atoms with E-state index in [-0.39, 0.29) is 0 Å². The Labute approximate surface area is 129 Å². The normalized spacial score (nSPS) is 21.0. The van der Waals surface area contributed by atoms with E-state index in [4.69, 9.17) is 15.7 Å². The van der Waals surface area contributed by atoms with Crippen molar-refractivity contribution in [3.8, 4) is 17.2 Å². The van der Waals surface area contributed by atoms with Gasteiger partial charge >= 0.3 is 0 Å². The van der Waals surface area contributed by atoms with E-state index in [0.29, 0.717) is 24.6 Å². The van der Waals surface area contributed by atoms with Gasteiger partial charge < -0.3 is 10.5 Å². The quantitative estimate of drug-likeness (QED) is 0.919. The van der Waals surface area contributed by atoms with Gasteiger partial charge in [0.2, 0.25) is 0 Å². The van der Waals surface area contributed by atoms with Gasteiger partial charge in [-0.1, -0.05) is 18.2 Å². The SMILES string of the molecule is CC1(c2cccc(-c3cncc(C#N)c3)c2)COCC(N)=N1. The molecule has 1 aliphatic heterocycles. The standard InChI is InChI=1S/C17H16N4O/c1-17(11-22-10-16(19)21-17)15-4-2-3-13(6-15)14-5-12(7-18)8-20-9-14/h2-6,8-9H,10-11H2,1H3,(H2,19,21). The number of rotatable bonds is 2. The molecule has 0 amide bonds. The highest BCUT2D eigenvalue weighted by atomic mass is 16.5. The largest absolute Gasteiger partial charge is 0.386 e. The number of benzene rings is 1. The first-order valence-corrected chi connectivity index (χ1v) is 6.99. The zero-order valence-corrected chi connectivity index (χ0v) is 12.3. The van der Waals surface area contributed by atoms with Crippen LogP contribution in [0.4, 0.5) is 0 Å². The van der Waals surface area contributed by atoms with Crippen molar-refractivity contribution in [2.24, 2.45) is 10.7 Å². The lowest BCUT2D eigenvalue weighted by molar-refractivity contribution is 0.106. The van der Waals surface area contributed by atoms with Crippen molar-refractivity contribution in [3.05, 3.63) is 53.9 Å². The molecule has 0 radical (unpaired) electrons. The molecule has 0 spiro atoms. The third kappa shape index (κ3) is 2.69. The zero-order chi connectivity index (χ0) is 15.6. The van der Waals surface area contributed by atoms with Crippen molar-refractivity contribution in [2.45, 2.75) is 12.5 Å². The third-order valence-corrected chi connectivity index (χ3v) is 3.71. The van der Waals surface area contributed by atoms with Crippen LogP contribution in [0.2, 0.25) is 0 Å². The second kappa shape index (κ2) is 5.58. The number of nitrogens with two attached hydrogens (primary N) is 1. The summed E-state index contributed by atoms with van der Waals surface area (Å²) in [7, 11) is 0. The predicted octanol–water partition coefficient (Wildman–Crippen LogP) is 2.22. The van der Waals surface area contributed by atoms with Crippen LogP contribution in [-0.2, 0) is 10.3 Å².